The predicted molar refractivity (Wildman–Crippen MR) is 104 cm³/mol. The first-order valence-electron chi connectivity index (χ1n) is 8.38. The number of aromatic hydroxyl groups is 1. The minimum Gasteiger partial charge on any atom is -0.504 e. The molecule has 1 aliphatic rings. The summed E-state index contributed by atoms with van der Waals surface area (Å²) in [5.41, 5.74) is 0.286. The number of benzene rings is 2. The van der Waals surface area contributed by atoms with E-state index in [2.05, 4.69) is 15.5 Å². The van der Waals surface area contributed by atoms with Crippen molar-refractivity contribution in [2.45, 2.75) is 17.8 Å². The molecule has 3 rings (SSSR count). The van der Waals surface area contributed by atoms with Crippen molar-refractivity contribution in [3.05, 3.63) is 59.2 Å². The second-order valence-corrected chi connectivity index (χ2v) is 7.27. The lowest BCUT2D eigenvalue weighted by molar-refractivity contribution is -0.137. The summed E-state index contributed by atoms with van der Waals surface area (Å²) in [5, 5.41) is 19.6. The number of alkyl halides is 3. The molecule has 0 bridgehead atoms. The van der Waals surface area contributed by atoms with Crippen molar-refractivity contribution in [1.82, 2.24) is 5.32 Å². The van der Waals surface area contributed by atoms with Gasteiger partial charge in [-0.2, -0.15) is 18.3 Å². The van der Waals surface area contributed by atoms with Crippen LogP contribution in [0.3, 0.4) is 0 Å². The van der Waals surface area contributed by atoms with Gasteiger partial charge in [-0.1, -0.05) is 30.0 Å². The third kappa shape index (κ3) is 5.29. The molecule has 0 aliphatic carbocycles. The SMILES string of the molecule is COc1cc(/C=N/N=C2\NC(=O)C(Cc3cccc(C(F)(F)F)c3)S2)ccc1O. The molecule has 1 aliphatic heterocycles. The van der Waals surface area contributed by atoms with E-state index in [1.165, 1.54) is 25.5 Å². The average Bonchev–Trinajstić information content (AvgIpc) is 3.02. The van der Waals surface area contributed by atoms with Crippen LogP contribution in [0.4, 0.5) is 13.2 Å². The molecule has 6 nitrogen and oxygen atoms in total. The van der Waals surface area contributed by atoms with Crippen molar-refractivity contribution in [2.24, 2.45) is 10.2 Å². The summed E-state index contributed by atoms with van der Waals surface area (Å²) in [7, 11) is 1.42. The monoisotopic (exact) mass is 423 g/mol. The summed E-state index contributed by atoms with van der Waals surface area (Å²) in [6.45, 7) is 0. The molecule has 2 aromatic carbocycles. The lowest BCUT2D eigenvalue weighted by Crippen LogP contribution is -2.26. The largest absolute Gasteiger partial charge is 0.504 e. The highest BCUT2D eigenvalue weighted by molar-refractivity contribution is 8.15. The maximum absolute atomic E-state index is 12.8. The number of hydrogen-bond acceptors (Lipinski definition) is 6. The van der Waals surface area contributed by atoms with Crippen molar-refractivity contribution in [1.29, 1.82) is 0 Å². The van der Waals surface area contributed by atoms with Crippen LogP contribution >= 0.6 is 11.8 Å². The molecule has 2 N–H and O–H groups in total. The lowest BCUT2D eigenvalue weighted by atomic mass is 10.1. The Morgan fingerprint density at radius 1 is 1.28 bits per heavy atom. The number of thioether (sulfide) groups is 1. The van der Waals surface area contributed by atoms with E-state index in [-0.39, 0.29) is 29.0 Å². The summed E-state index contributed by atoms with van der Waals surface area (Å²) in [6, 6.07) is 9.53. The Morgan fingerprint density at radius 3 is 2.79 bits per heavy atom. The van der Waals surface area contributed by atoms with Gasteiger partial charge in [0.25, 0.3) is 0 Å². The minimum atomic E-state index is -4.43. The molecule has 1 atom stereocenters. The molecule has 10 heteroatoms. The molecule has 152 valence electrons. The molecule has 1 heterocycles. The quantitative estimate of drug-likeness (QED) is 0.569. The topological polar surface area (TPSA) is 83.3 Å². The van der Waals surface area contributed by atoms with Crippen LogP contribution in [-0.2, 0) is 17.4 Å². The number of nitrogens with one attached hydrogen (secondary N) is 1. The third-order valence-corrected chi connectivity index (χ3v) is 5.08. The van der Waals surface area contributed by atoms with Crippen LogP contribution in [0, 0.1) is 0 Å². The molecule has 2 aromatic rings. The fourth-order valence-electron chi connectivity index (χ4n) is 2.60. The zero-order chi connectivity index (χ0) is 21.0. The van der Waals surface area contributed by atoms with E-state index in [0.29, 0.717) is 11.1 Å². The van der Waals surface area contributed by atoms with Gasteiger partial charge in [0.2, 0.25) is 5.91 Å². The molecule has 0 saturated carbocycles. The molecular weight excluding hydrogens is 407 g/mol. The smallest absolute Gasteiger partial charge is 0.416 e. The number of carbonyl (C=O) groups excluding carboxylic acids is 1. The summed E-state index contributed by atoms with van der Waals surface area (Å²) in [4.78, 5) is 12.1. The highest BCUT2D eigenvalue weighted by Gasteiger charge is 2.33. The molecule has 1 fully saturated rings. The number of ether oxygens (including phenoxy) is 1. The second-order valence-electron chi connectivity index (χ2n) is 6.08. The van der Waals surface area contributed by atoms with Gasteiger partial charge in [-0.25, -0.2) is 0 Å². The fraction of sp³-hybridized carbons (Fsp3) is 0.211. The average molecular weight is 423 g/mol. The first-order valence-corrected chi connectivity index (χ1v) is 9.26. The van der Waals surface area contributed by atoms with Crippen molar-refractivity contribution in [3.8, 4) is 11.5 Å². The standard InChI is InChI=1S/C19H16F3N3O3S/c1-28-15-8-12(5-6-14(15)26)10-23-25-18-24-17(27)16(29-18)9-11-3-2-4-13(7-11)19(20,21)22/h2-8,10,16,26H,9H2,1H3,(H,24,25,27)/b23-10+. The van der Waals surface area contributed by atoms with E-state index in [9.17, 15) is 23.1 Å². The number of methoxy groups -OCH3 is 1. The Labute approximate surface area is 168 Å². The van der Waals surface area contributed by atoms with Gasteiger partial charge in [-0.3, -0.25) is 4.79 Å². The van der Waals surface area contributed by atoms with Crippen LogP contribution in [0.1, 0.15) is 16.7 Å². The number of hydrogen-bond donors (Lipinski definition) is 2. The highest BCUT2D eigenvalue weighted by atomic mass is 32.2. The Balaban J connectivity index is 1.66. The summed E-state index contributed by atoms with van der Waals surface area (Å²) in [6.07, 6.45) is -2.88. The molecule has 0 aromatic heterocycles. The van der Waals surface area contributed by atoms with Gasteiger partial charge in [0.1, 0.15) is 0 Å². The first-order chi connectivity index (χ1) is 13.8. The molecular formula is C19H16F3N3O3S. The van der Waals surface area contributed by atoms with Gasteiger partial charge in [0.05, 0.1) is 24.1 Å². The van der Waals surface area contributed by atoms with Gasteiger partial charge in [0, 0.05) is 0 Å². The number of halogens is 3. The van der Waals surface area contributed by atoms with Gasteiger partial charge < -0.3 is 15.2 Å². The Bertz CT molecular complexity index is 977. The van der Waals surface area contributed by atoms with Gasteiger partial charge in [-0.15, -0.1) is 5.10 Å². The van der Waals surface area contributed by atoms with Crippen LogP contribution in [-0.4, -0.2) is 34.8 Å². The Morgan fingerprint density at radius 2 is 2.07 bits per heavy atom. The highest BCUT2D eigenvalue weighted by Crippen LogP contribution is 2.31. The fourth-order valence-corrected chi connectivity index (χ4v) is 3.56. The summed E-state index contributed by atoms with van der Waals surface area (Å²) < 4.78 is 43.5. The zero-order valence-corrected chi connectivity index (χ0v) is 15.9. The number of phenolic OH excluding ortho intramolecular Hbond substituents is 1. The number of carbonyl (C=O) groups is 1. The van der Waals surface area contributed by atoms with Crippen LogP contribution < -0.4 is 10.1 Å². The Kier molecular flexibility index (Phi) is 6.12. The zero-order valence-electron chi connectivity index (χ0n) is 15.1. The summed E-state index contributed by atoms with van der Waals surface area (Å²) >= 11 is 1.10. The maximum Gasteiger partial charge on any atom is 0.416 e. The van der Waals surface area contributed by atoms with E-state index in [0.717, 1.165) is 23.9 Å². The number of amidine groups is 1. The molecule has 1 amide bonds. The normalized spacial score (nSPS) is 18.4. The van der Waals surface area contributed by atoms with E-state index in [1.807, 2.05) is 0 Å². The minimum absolute atomic E-state index is 0.00740. The van der Waals surface area contributed by atoms with E-state index in [4.69, 9.17) is 4.74 Å². The van der Waals surface area contributed by atoms with E-state index < -0.39 is 17.0 Å². The summed E-state index contributed by atoms with van der Waals surface area (Å²) in [5.74, 6) is -0.0639. The van der Waals surface area contributed by atoms with Crippen LogP contribution in [0.25, 0.3) is 0 Å². The number of amides is 1. The van der Waals surface area contributed by atoms with Crippen molar-refractivity contribution >= 4 is 29.1 Å². The predicted octanol–water partition coefficient (Wildman–Crippen LogP) is 3.58. The number of nitrogens with zero attached hydrogens (tertiary/aromatic N) is 2. The molecule has 1 unspecified atom stereocenters. The van der Waals surface area contributed by atoms with Crippen LogP contribution in [0.15, 0.2) is 52.7 Å². The Hall–Kier alpha value is -3.01. The number of phenols is 1. The van der Waals surface area contributed by atoms with Crippen LogP contribution in [0.5, 0.6) is 11.5 Å². The molecule has 1 saturated heterocycles. The van der Waals surface area contributed by atoms with E-state index in [1.54, 1.807) is 18.2 Å². The van der Waals surface area contributed by atoms with Gasteiger partial charge >= 0.3 is 6.18 Å². The molecule has 0 radical (unpaired) electrons. The van der Waals surface area contributed by atoms with Crippen LogP contribution in [0.2, 0.25) is 0 Å². The molecule has 29 heavy (non-hydrogen) atoms. The lowest BCUT2D eigenvalue weighted by Gasteiger charge is -2.10. The van der Waals surface area contributed by atoms with Gasteiger partial charge in [0.15, 0.2) is 16.7 Å². The van der Waals surface area contributed by atoms with E-state index >= 15 is 0 Å². The third-order valence-electron chi connectivity index (χ3n) is 4.01. The molecule has 0 spiro atoms. The number of rotatable bonds is 5. The second kappa shape index (κ2) is 8.56. The van der Waals surface area contributed by atoms with Crippen molar-refractivity contribution < 1.29 is 27.8 Å². The van der Waals surface area contributed by atoms with Crippen molar-refractivity contribution in [2.75, 3.05) is 7.11 Å². The maximum atomic E-state index is 12.8. The van der Waals surface area contributed by atoms with Crippen molar-refractivity contribution in [3.63, 3.8) is 0 Å². The first kappa shape index (κ1) is 20.7. The van der Waals surface area contributed by atoms with Gasteiger partial charge in [-0.05, 0) is 41.8 Å².